The number of Topliss-reactive ketones (excluding diaryl/α,β-unsaturated/α-hetero) is 1. The first-order chi connectivity index (χ1) is 40.1. The molecule has 3 amide bonds. The average molecular weight is 1130 g/mol. The van der Waals surface area contributed by atoms with Crippen molar-refractivity contribution in [3.63, 3.8) is 0 Å². The second-order valence-corrected chi connectivity index (χ2v) is 23.0. The Morgan fingerprint density at radius 1 is 0.759 bits per heavy atom. The molecule has 3 fully saturated rings. The zero-order valence-corrected chi connectivity index (χ0v) is 48.8. The lowest BCUT2D eigenvalue weighted by atomic mass is 9.88. The van der Waals surface area contributed by atoms with Gasteiger partial charge in [-0.3, -0.25) is 29.3 Å². The fourth-order valence-corrected chi connectivity index (χ4v) is 11.3. The number of ether oxygens (including phenoxy) is 5. The number of nitrogen functional groups attached to an aromatic ring is 1. The van der Waals surface area contributed by atoms with E-state index in [9.17, 15) is 19.2 Å². The third-order valence-corrected chi connectivity index (χ3v) is 16.7. The standard InChI is InChI=1S/C66H78N8O9/c1-41(2)44(5)60(75)32-43(4)63(76)68-50-17-11-45(12-18-50)40-83-66(78)73-27-30-82-65(73)59-31-42(3)39-74(59)64(77)53-37-61(79-7)62(38-54(53)67)81-29-10-8-9-28-80-52-20-14-46(15-21-52)56-35-49-33-47(16-22-55(49)69-56)57-34-48-13-19-51(36-58(48)70-57)72-25-23-71(6)24-26-72/h11-22,33,36-38,41,43-44,59,65H,3,8-10,23-32,34-35,39-40,67H2,1-2,4-7H3,(H,68,76)/t43-,44+,59+,65?/m1/s1. The van der Waals surface area contributed by atoms with Crippen LogP contribution in [-0.2, 0) is 38.5 Å². The predicted molar refractivity (Wildman–Crippen MR) is 324 cm³/mol. The number of unbranched alkanes of at least 4 members (excludes halogenated alkanes) is 2. The first kappa shape index (κ1) is 58.2. The van der Waals surface area contributed by atoms with Gasteiger partial charge in [-0.05, 0) is 133 Å². The van der Waals surface area contributed by atoms with Crippen molar-refractivity contribution in [1.29, 1.82) is 0 Å². The number of amides is 3. The number of carbonyl (C=O) groups excluding carboxylic acids is 4. The van der Waals surface area contributed by atoms with Crippen molar-refractivity contribution in [3.05, 3.63) is 143 Å². The Hall–Kier alpha value is -8.02. The van der Waals surface area contributed by atoms with Crippen LogP contribution in [0.1, 0.15) is 98.0 Å². The summed E-state index contributed by atoms with van der Waals surface area (Å²) in [5, 5.41) is 2.88. The van der Waals surface area contributed by atoms with Gasteiger partial charge in [0.2, 0.25) is 5.91 Å². The van der Waals surface area contributed by atoms with Gasteiger partial charge in [-0.1, -0.05) is 64.1 Å². The first-order valence-electron chi connectivity index (χ1n) is 29.2. The van der Waals surface area contributed by atoms with Gasteiger partial charge in [-0.25, -0.2) is 4.79 Å². The number of likely N-dealkylation sites (N-methyl/N-ethyl adjacent to an activating group) is 1. The molecule has 0 aliphatic carbocycles. The summed E-state index contributed by atoms with van der Waals surface area (Å²) in [6, 6.07) is 31.2. The molecule has 3 N–H and O–H groups in total. The van der Waals surface area contributed by atoms with Crippen LogP contribution in [0.3, 0.4) is 0 Å². The number of methoxy groups -OCH3 is 1. The molecule has 17 nitrogen and oxygen atoms in total. The molecule has 5 aromatic carbocycles. The maximum absolute atomic E-state index is 14.3. The van der Waals surface area contributed by atoms with Gasteiger partial charge in [0.25, 0.3) is 5.91 Å². The first-order valence-corrected chi connectivity index (χ1v) is 29.2. The maximum atomic E-state index is 14.3. The van der Waals surface area contributed by atoms with Gasteiger partial charge < -0.3 is 49.4 Å². The van der Waals surface area contributed by atoms with Crippen LogP contribution in [0.4, 0.5) is 33.2 Å². The van der Waals surface area contributed by atoms with Crippen molar-refractivity contribution in [1.82, 2.24) is 14.7 Å². The number of nitrogens with two attached hydrogens (primary N) is 1. The monoisotopic (exact) mass is 1130 g/mol. The van der Waals surface area contributed by atoms with Crippen LogP contribution in [0.2, 0.25) is 0 Å². The molecule has 5 heterocycles. The molecule has 4 atom stereocenters. The highest BCUT2D eigenvalue weighted by atomic mass is 16.6. The summed E-state index contributed by atoms with van der Waals surface area (Å²) in [7, 11) is 3.70. The summed E-state index contributed by atoms with van der Waals surface area (Å²) in [5.74, 6) is 0.712. The maximum Gasteiger partial charge on any atom is 0.412 e. The number of nitrogens with zero attached hydrogens (tertiary/aromatic N) is 6. The summed E-state index contributed by atoms with van der Waals surface area (Å²) in [5.41, 5.74) is 19.4. The molecule has 83 heavy (non-hydrogen) atoms. The number of rotatable bonds is 22. The topological polar surface area (TPSA) is 190 Å². The molecule has 5 aliphatic rings. The van der Waals surface area contributed by atoms with E-state index in [-0.39, 0.29) is 73.4 Å². The van der Waals surface area contributed by atoms with Gasteiger partial charge >= 0.3 is 6.09 Å². The van der Waals surface area contributed by atoms with E-state index < -0.39 is 24.3 Å². The Labute approximate surface area is 487 Å². The molecule has 1 unspecified atom stereocenters. The van der Waals surface area contributed by atoms with Gasteiger partial charge in [-0.15, -0.1) is 0 Å². The predicted octanol–water partition coefficient (Wildman–Crippen LogP) is 10.6. The van der Waals surface area contributed by atoms with E-state index in [1.807, 2.05) is 32.9 Å². The number of ketones is 1. The molecule has 436 valence electrons. The Morgan fingerprint density at radius 3 is 2.22 bits per heavy atom. The third-order valence-electron chi connectivity index (χ3n) is 16.7. The largest absolute Gasteiger partial charge is 0.494 e. The van der Waals surface area contributed by atoms with Gasteiger partial charge in [0.1, 0.15) is 18.1 Å². The minimum atomic E-state index is -0.774. The molecule has 17 heteroatoms. The number of fused-ring (bicyclic) bond motifs is 2. The summed E-state index contributed by atoms with van der Waals surface area (Å²) >= 11 is 0. The number of hydrogen-bond donors (Lipinski definition) is 2. The lowest BCUT2D eigenvalue weighted by Gasteiger charge is -2.34. The number of likely N-dealkylation sites (tertiary alicyclic amines) is 1. The Morgan fingerprint density at radius 2 is 1.47 bits per heavy atom. The van der Waals surface area contributed by atoms with Crippen molar-refractivity contribution in [2.24, 2.45) is 27.7 Å². The molecular weight excluding hydrogens is 1050 g/mol. The molecule has 0 bridgehead atoms. The zero-order valence-electron chi connectivity index (χ0n) is 48.8. The molecule has 5 aliphatic heterocycles. The Balaban J connectivity index is 0.648. The van der Waals surface area contributed by atoms with Crippen LogP contribution in [0, 0.1) is 17.8 Å². The molecule has 0 radical (unpaired) electrons. The van der Waals surface area contributed by atoms with Crippen LogP contribution < -0.4 is 30.2 Å². The van der Waals surface area contributed by atoms with Gasteiger partial charge in [0, 0.05) is 87.0 Å². The molecule has 5 aromatic rings. The van der Waals surface area contributed by atoms with Crippen LogP contribution in [-0.4, -0.2) is 135 Å². The van der Waals surface area contributed by atoms with Crippen LogP contribution in [0.5, 0.6) is 17.2 Å². The van der Waals surface area contributed by atoms with Gasteiger partial charge in [0.05, 0.1) is 67.9 Å². The number of nitrogens with one attached hydrogen (secondary N) is 1. The van der Waals surface area contributed by atoms with Crippen molar-refractivity contribution in [2.45, 2.75) is 91.5 Å². The molecule has 0 spiro atoms. The smallest absolute Gasteiger partial charge is 0.412 e. The summed E-state index contributed by atoms with van der Waals surface area (Å²) < 4.78 is 29.8. The number of anilines is 3. The number of carbonyl (C=O) groups is 4. The number of piperazine rings is 1. The van der Waals surface area contributed by atoms with Gasteiger partial charge in [0.15, 0.2) is 17.7 Å². The highest BCUT2D eigenvalue weighted by Gasteiger charge is 2.45. The molecule has 0 aromatic heterocycles. The van der Waals surface area contributed by atoms with E-state index in [1.165, 1.54) is 28.8 Å². The van der Waals surface area contributed by atoms with Crippen molar-refractivity contribution in [2.75, 3.05) is 89.2 Å². The van der Waals surface area contributed by atoms with Crippen molar-refractivity contribution in [3.8, 4) is 17.2 Å². The minimum Gasteiger partial charge on any atom is -0.494 e. The van der Waals surface area contributed by atoms with E-state index in [2.05, 4.69) is 77.3 Å². The fourth-order valence-electron chi connectivity index (χ4n) is 11.3. The highest BCUT2D eigenvalue weighted by molar-refractivity contribution is 6.10. The normalized spacial score (nSPS) is 18.3. The minimum absolute atomic E-state index is 0.0219. The van der Waals surface area contributed by atoms with E-state index in [0.29, 0.717) is 42.4 Å². The molecule has 0 saturated carbocycles. The summed E-state index contributed by atoms with van der Waals surface area (Å²) in [6.07, 6.45) is 3.30. The lowest BCUT2D eigenvalue weighted by Crippen LogP contribution is -2.50. The third kappa shape index (κ3) is 13.7. The number of benzene rings is 5. The quantitative estimate of drug-likeness (QED) is 0.0379. The second kappa shape index (κ2) is 26.1. The fraction of sp³-hybridized carbons (Fsp3) is 0.424. The summed E-state index contributed by atoms with van der Waals surface area (Å²) in [6.45, 7) is 17.8. The van der Waals surface area contributed by atoms with E-state index >= 15 is 0 Å². The highest BCUT2D eigenvalue weighted by Crippen LogP contribution is 2.38. The van der Waals surface area contributed by atoms with Crippen LogP contribution in [0.15, 0.2) is 119 Å². The van der Waals surface area contributed by atoms with Crippen molar-refractivity contribution < 1.29 is 42.9 Å². The van der Waals surface area contributed by atoms with Crippen LogP contribution >= 0.6 is 0 Å². The second-order valence-electron chi connectivity index (χ2n) is 23.0. The average Bonchev–Trinajstić information content (AvgIpc) is 3.67. The molecule has 3 saturated heterocycles. The SMILES string of the molecule is C=C1C[C@@H](C2OCCN2C(=O)OCc2ccc(NC(=O)[C@H](C)CC(=O)[C@@H](C)C(C)C)cc2)N(C(=O)c2cc(OC)c(OCCCCCOc3ccc(C4=Nc5ccc(C6=Nc7cc(N8CCN(C)CC8)ccc7C6)cc5C4)cc3)cc2N)C1. The van der Waals surface area contributed by atoms with E-state index in [4.69, 9.17) is 39.4 Å². The van der Waals surface area contributed by atoms with E-state index in [0.717, 1.165) is 104 Å². The van der Waals surface area contributed by atoms with E-state index in [1.54, 1.807) is 48.2 Å². The number of hydrogen-bond acceptors (Lipinski definition) is 14. The zero-order chi connectivity index (χ0) is 58.3. The van der Waals surface area contributed by atoms with Crippen LogP contribution in [0.25, 0.3) is 0 Å². The Bertz CT molecular complexity index is 3280. The Kier molecular flexibility index (Phi) is 18.3. The number of aliphatic imine (C=N–C) groups is 2. The summed E-state index contributed by atoms with van der Waals surface area (Å²) in [4.78, 5) is 71.4. The van der Waals surface area contributed by atoms with Crippen molar-refractivity contribution >= 4 is 63.6 Å². The molecule has 10 rings (SSSR count). The lowest BCUT2D eigenvalue weighted by molar-refractivity contribution is -0.128. The van der Waals surface area contributed by atoms with Gasteiger partial charge in [-0.2, -0.15) is 0 Å². The molecular formula is C66H78N8O9.